The number of anilines is 2. The van der Waals surface area contributed by atoms with Gasteiger partial charge in [-0.15, -0.1) is 0 Å². The molecule has 0 spiro atoms. The van der Waals surface area contributed by atoms with Crippen molar-refractivity contribution >= 4 is 35.1 Å². The van der Waals surface area contributed by atoms with Gasteiger partial charge in [-0.3, -0.25) is 4.79 Å². The van der Waals surface area contributed by atoms with Crippen LogP contribution in [0.3, 0.4) is 0 Å². The van der Waals surface area contributed by atoms with Crippen molar-refractivity contribution in [3.8, 4) is 0 Å². The molecular weight excluding hydrogens is 390 g/mol. The summed E-state index contributed by atoms with van der Waals surface area (Å²) < 4.78 is 0. The van der Waals surface area contributed by atoms with Crippen LogP contribution in [-0.2, 0) is 4.79 Å². The Bertz CT molecular complexity index is 894. The van der Waals surface area contributed by atoms with Crippen molar-refractivity contribution in [1.29, 1.82) is 0 Å². The molecule has 1 saturated heterocycles. The number of thioether (sulfide) groups is 1. The van der Waals surface area contributed by atoms with Gasteiger partial charge in [-0.2, -0.15) is 0 Å². The topological polar surface area (TPSA) is 35.6 Å². The van der Waals surface area contributed by atoms with E-state index in [1.165, 1.54) is 19.3 Å². The van der Waals surface area contributed by atoms with Crippen LogP contribution < -0.4 is 10.2 Å². The van der Waals surface area contributed by atoms with E-state index in [0.717, 1.165) is 28.3 Å². The molecule has 0 bridgehead atoms. The minimum absolute atomic E-state index is 0.0715. The highest BCUT2D eigenvalue weighted by molar-refractivity contribution is 8.05. The highest BCUT2D eigenvalue weighted by Gasteiger charge is 2.42. The van der Waals surface area contributed by atoms with Crippen LogP contribution in [0.25, 0.3) is 6.08 Å². The Morgan fingerprint density at radius 2 is 1.73 bits per heavy atom. The number of nitrogens with zero attached hydrogens (tertiary/aromatic N) is 2. The van der Waals surface area contributed by atoms with Crippen molar-refractivity contribution in [2.75, 3.05) is 24.3 Å². The third kappa shape index (κ3) is 4.51. The summed E-state index contributed by atoms with van der Waals surface area (Å²) in [5.74, 6) is 0.686. The van der Waals surface area contributed by atoms with E-state index in [4.69, 9.17) is 0 Å². The molecule has 1 N–H and O–H groups in total. The van der Waals surface area contributed by atoms with Gasteiger partial charge in [-0.25, -0.2) is 0 Å². The molecular formula is C25H31N3OS. The molecule has 2 fully saturated rings. The molecule has 1 aliphatic heterocycles. The summed E-state index contributed by atoms with van der Waals surface area (Å²) in [5, 5.41) is 3.60. The van der Waals surface area contributed by atoms with Gasteiger partial charge in [0.2, 0.25) is 0 Å². The van der Waals surface area contributed by atoms with E-state index in [1.54, 1.807) is 11.8 Å². The number of carbonyl (C=O) groups is 1. The van der Waals surface area contributed by atoms with E-state index >= 15 is 0 Å². The monoisotopic (exact) mass is 421 g/mol. The largest absolute Gasteiger partial charge is 0.378 e. The zero-order valence-electron chi connectivity index (χ0n) is 18.0. The van der Waals surface area contributed by atoms with Crippen LogP contribution in [0, 0.1) is 5.92 Å². The quantitative estimate of drug-likeness (QED) is 0.634. The number of hydrogen-bond acceptors (Lipinski definition) is 4. The molecule has 4 rings (SSSR count). The second-order valence-corrected chi connectivity index (χ2v) is 9.64. The number of carbonyl (C=O) groups excluding carboxylic acids is 1. The van der Waals surface area contributed by atoms with Crippen molar-refractivity contribution in [1.82, 2.24) is 4.90 Å². The fraction of sp³-hybridized carbons (Fsp3) is 0.400. The molecule has 2 aromatic carbocycles. The molecule has 1 saturated carbocycles. The van der Waals surface area contributed by atoms with Gasteiger partial charge in [0.25, 0.3) is 5.91 Å². The summed E-state index contributed by atoms with van der Waals surface area (Å²) >= 11 is 1.64. The molecule has 1 aliphatic carbocycles. The van der Waals surface area contributed by atoms with Crippen molar-refractivity contribution in [3.05, 3.63) is 65.1 Å². The van der Waals surface area contributed by atoms with Gasteiger partial charge in [0.1, 0.15) is 0 Å². The van der Waals surface area contributed by atoms with Gasteiger partial charge in [0, 0.05) is 31.5 Å². The Kier molecular flexibility index (Phi) is 6.38. The SMILES string of the molecule is C[C@@H]1CCCC[C@@H]1N1C(=O)/C(=C/c2ccc(N(C)C)cc2)SC1Nc1ccccc1. The third-order valence-electron chi connectivity index (χ3n) is 6.13. The summed E-state index contributed by atoms with van der Waals surface area (Å²) in [6, 6.07) is 18.9. The average molecular weight is 422 g/mol. The number of rotatable bonds is 5. The van der Waals surface area contributed by atoms with Crippen molar-refractivity contribution in [2.24, 2.45) is 5.92 Å². The second kappa shape index (κ2) is 9.17. The Labute approximate surface area is 184 Å². The molecule has 4 nitrogen and oxygen atoms in total. The van der Waals surface area contributed by atoms with E-state index in [9.17, 15) is 4.79 Å². The van der Waals surface area contributed by atoms with Gasteiger partial charge in [-0.05, 0) is 54.7 Å². The van der Waals surface area contributed by atoms with E-state index in [2.05, 4.69) is 58.4 Å². The number of para-hydroxylation sites is 1. The molecule has 158 valence electrons. The number of benzene rings is 2. The molecule has 5 heteroatoms. The number of hydrogen-bond donors (Lipinski definition) is 1. The molecule has 1 unspecified atom stereocenters. The van der Waals surface area contributed by atoms with E-state index in [-0.39, 0.29) is 11.4 Å². The standard InChI is InChI=1S/C25H31N3OS/c1-18-9-7-8-12-22(18)28-24(29)23(17-19-13-15-21(16-14-19)27(2)3)30-25(28)26-20-10-5-4-6-11-20/h4-6,10-11,13-18,22,25-26H,7-9,12H2,1-3H3/b23-17-/t18-,22+,25?/m1/s1. The molecule has 2 aliphatic rings. The van der Waals surface area contributed by atoms with E-state index in [1.807, 2.05) is 38.4 Å². The lowest BCUT2D eigenvalue weighted by atomic mass is 9.85. The Balaban J connectivity index is 1.61. The van der Waals surface area contributed by atoms with Crippen LogP contribution in [0.2, 0.25) is 0 Å². The fourth-order valence-electron chi connectivity index (χ4n) is 4.39. The first-order valence-corrected chi connectivity index (χ1v) is 11.7. The molecule has 30 heavy (non-hydrogen) atoms. The normalized spacial score (nSPS) is 25.6. The predicted octanol–water partition coefficient (Wildman–Crippen LogP) is 5.64. The van der Waals surface area contributed by atoms with Crippen molar-refractivity contribution in [2.45, 2.75) is 44.1 Å². The van der Waals surface area contributed by atoms with Crippen LogP contribution in [0.1, 0.15) is 38.2 Å². The Morgan fingerprint density at radius 1 is 1.03 bits per heavy atom. The average Bonchev–Trinajstić information content (AvgIpc) is 3.04. The number of nitrogens with one attached hydrogen (secondary N) is 1. The lowest BCUT2D eigenvalue weighted by molar-refractivity contribution is -0.129. The fourth-order valence-corrected chi connectivity index (χ4v) is 5.60. The summed E-state index contributed by atoms with van der Waals surface area (Å²) in [5.41, 5.74) is 3.20. The van der Waals surface area contributed by atoms with Gasteiger partial charge in [-0.1, -0.05) is 61.9 Å². The zero-order chi connectivity index (χ0) is 21.1. The Hall–Kier alpha value is -2.40. The van der Waals surface area contributed by atoms with Crippen LogP contribution in [0.5, 0.6) is 0 Å². The summed E-state index contributed by atoms with van der Waals surface area (Å²) in [6.45, 7) is 2.29. The lowest BCUT2D eigenvalue weighted by Gasteiger charge is -2.39. The molecule has 2 aromatic rings. The predicted molar refractivity (Wildman–Crippen MR) is 128 cm³/mol. The molecule has 3 atom stereocenters. The highest BCUT2D eigenvalue weighted by atomic mass is 32.2. The maximum absolute atomic E-state index is 13.5. The minimum Gasteiger partial charge on any atom is -0.378 e. The molecule has 0 aromatic heterocycles. The maximum atomic E-state index is 13.5. The summed E-state index contributed by atoms with van der Waals surface area (Å²) in [4.78, 5) is 18.5. The van der Waals surface area contributed by atoms with E-state index < -0.39 is 0 Å². The lowest BCUT2D eigenvalue weighted by Crippen LogP contribution is -2.48. The zero-order valence-corrected chi connectivity index (χ0v) is 18.9. The Morgan fingerprint density at radius 3 is 2.40 bits per heavy atom. The first-order valence-electron chi connectivity index (χ1n) is 10.8. The van der Waals surface area contributed by atoms with Crippen molar-refractivity contribution < 1.29 is 4.79 Å². The highest BCUT2D eigenvalue weighted by Crippen LogP contribution is 2.42. The number of amides is 1. The van der Waals surface area contributed by atoms with E-state index in [0.29, 0.717) is 12.0 Å². The van der Waals surface area contributed by atoms with Crippen LogP contribution in [0.15, 0.2) is 59.5 Å². The molecule has 1 heterocycles. The first kappa shape index (κ1) is 20.9. The smallest absolute Gasteiger partial charge is 0.262 e. The van der Waals surface area contributed by atoms with Crippen LogP contribution in [-0.4, -0.2) is 36.4 Å². The maximum Gasteiger partial charge on any atom is 0.262 e. The summed E-state index contributed by atoms with van der Waals surface area (Å²) in [7, 11) is 4.07. The minimum atomic E-state index is -0.0715. The van der Waals surface area contributed by atoms with Gasteiger partial charge in [0.15, 0.2) is 5.50 Å². The van der Waals surface area contributed by atoms with Gasteiger partial charge >= 0.3 is 0 Å². The third-order valence-corrected chi connectivity index (χ3v) is 7.25. The van der Waals surface area contributed by atoms with Crippen LogP contribution in [0.4, 0.5) is 11.4 Å². The molecule has 0 radical (unpaired) electrons. The van der Waals surface area contributed by atoms with Gasteiger partial charge in [0.05, 0.1) is 4.91 Å². The first-order chi connectivity index (χ1) is 14.5. The second-order valence-electron chi connectivity index (χ2n) is 8.52. The van der Waals surface area contributed by atoms with Crippen LogP contribution >= 0.6 is 11.8 Å². The van der Waals surface area contributed by atoms with Gasteiger partial charge < -0.3 is 15.1 Å². The van der Waals surface area contributed by atoms with Crippen molar-refractivity contribution in [3.63, 3.8) is 0 Å². The summed E-state index contributed by atoms with van der Waals surface area (Å²) in [6.07, 6.45) is 6.80. The molecule has 1 amide bonds.